The minimum atomic E-state index is -5.02. The van der Waals surface area contributed by atoms with Gasteiger partial charge >= 0.3 is 6.36 Å². The van der Waals surface area contributed by atoms with Gasteiger partial charge in [-0.05, 0) is 61.9 Å². The van der Waals surface area contributed by atoms with E-state index in [0.717, 1.165) is 41.7 Å². The van der Waals surface area contributed by atoms with Gasteiger partial charge in [0.1, 0.15) is 10.7 Å². The Labute approximate surface area is 221 Å². The van der Waals surface area contributed by atoms with E-state index in [-0.39, 0.29) is 16.4 Å². The average Bonchev–Trinajstić information content (AvgIpc) is 2.81. The van der Waals surface area contributed by atoms with E-state index in [1.807, 2.05) is 43.3 Å². The summed E-state index contributed by atoms with van der Waals surface area (Å²) in [5.74, 6) is 0.834. The van der Waals surface area contributed by atoms with Crippen molar-refractivity contribution in [2.24, 2.45) is 5.92 Å². The standard InChI is InChI=1S/C24H27BrF3N5O3S/c1-33(2)22-18-5-3-4-6-19(18)30-23(31-22)29-14-15-7-10-17(11-8-15)32-37(34,35)21-12-9-16(25)13-20(21)36-24(26,27)28/h3-6,9,12-13,15,17,32H,7-8,10-11,14H2,1-2H3,(H,29,30,31)/t15-,17+. The molecule has 37 heavy (non-hydrogen) atoms. The number of benzene rings is 2. The topological polar surface area (TPSA) is 96.5 Å². The third kappa shape index (κ3) is 7.02. The molecule has 1 saturated carbocycles. The molecule has 1 heterocycles. The van der Waals surface area contributed by atoms with Crippen molar-refractivity contribution in [2.75, 3.05) is 30.9 Å². The van der Waals surface area contributed by atoms with E-state index in [4.69, 9.17) is 0 Å². The highest BCUT2D eigenvalue weighted by Crippen LogP contribution is 2.33. The first-order valence-electron chi connectivity index (χ1n) is 11.7. The maximum Gasteiger partial charge on any atom is 0.573 e. The van der Waals surface area contributed by atoms with Crippen LogP contribution in [0, 0.1) is 5.92 Å². The first-order chi connectivity index (χ1) is 17.4. The second-order valence-electron chi connectivity index (χ2n) is 9.14. The van der Waals surface area contributed by atoms with Crippen LogP contribution in [0.2, 0.25) is 0 Å². The number of sulfonamides is 1. The number of aromatic nitrogens is 2. The Kier molecular flexibility index (Phi) is 8.14. The van der Waals surface area contributed by atoms with Crippen molar-refractivity contribution in [1.29, 1.82) is 0 Å². The Hall–Kier alpha value is -2.64. The molecule has 0 saturated heterocycles. The molecule has 3 aromatic rings. The molecule has 0 aliphatic heterocycles. The summed E-state index contributed by atoms with van der Waals surface area (Å²) in [6, 6.07) is 10.8. The molecular formula is C24H27BrF3N5O3S. The molecule has 0 spiro atoms. The maximum absolute atomic E-state index is 12.9. The summed E-state index contributed by atoms with van der Waals surface area (Å²) in [4.78, 5) is 10.6. The number of rotatable bonds is 8. The van der Waals surface area contributed by atoms with Gasteiger partial charge in [-0.15, -0.1) is 13.2 Å². The molecule has 2 N–H and O–H groups in total. The van der Waals surface area contributed by atoms with Crippen LogP contribution in [0.3, 0.4) is 0 Å². The molecule has 2 aromatic carbocycles. The maximum atomic E-state index is 12.9. The van der Waals surface area contributed by atoms with Crippen molar-refractivity contribution in [1.82, 2.24) is 14.7 Å². The second-order valence-corrected chi connectivity index (χ2v) is 11.7. The van der Waals surface area contributed by atoms with Gasteiger partial charge in [0.25, 0.3) is 0 Å². The van der Waals surface area contributed by atoms with Gasteiger partial charge in [-0.25, -0.2) is 18.1 Å². The van der Waals surface area contributed by atoms with Gasteiger partial charge in [0.05, 0.1) is 5.52 Å². The molecule has 0 atom stereocenters. The van der Waals surface area contributed by atoms with Gasteiger partial charge in [0.15, 0.2) is 5.75 Å². The normalized spacial score (nSPS) is 18.5. The molecule has 1 aliphatic rings. The van der Waals surface area contributed by atoms with Gasteiger partial charge in [0, 0.05) is 36.5 Å². The van der Waals surface area contributed by atoms with Crippen LogP contribution in [0.25, 0.3) is 10.9 Å². The first kappa shape index (κ1) is 27.4. The third-order valence-electron chi connectivity index (χ3n) is 6.15. The summed E-state index contributed by atoms with van der Waals surface area (Å²) >= 11 is 3.05. The van der Waals surface area contributed by atoms with Crippen molar-refractivity contribution < 1.29 is 26.3 Å². The van der Waals surface area contributed by atoms with Crippen molar-refractivity contribution >= 4 is 48.6 Å². The summed E-state index contributed by atoms with van der Waals surface area (Å²) in [5.41, 5.74) is 0.837. The van der Waals surface area contributed by atoms with E-state index >= 15 is 0 Å². The lowest BCUT2D eigenvalue weighted by atomic mass is 9.86. The number of alkyl halides is 3. The fraction of sp³-hybridized carbons (Fsp3) is 0.417. The highest BCUT2D eigenvalue weighted by Gasteiger charge is 2.35. The lowest BCUT2D eigenvalue weighted by molar-refractivity contribution is -0.275. The molecule has 4 rings (SSSR count). The zero-order valence-corrected chi connectivity index (χ0v) is 22.6. The van der Waals surface area contributed by atoms with Gasteiger partial charge in [-0.1, -0.05) is 28.1 Å². The smallest absolute Gasteiger partial charge is 0.404 e. The molecule has 1 aliphatic carbocycles. The zero-order chi connectivity index (χ0) is 26.8. The number of anilines is 2. The molecule has 0 bridgehead atoms. The summed E-state index contributed by atoms with van der Waals surface area (Å²) in [6.45, 7) is 0.626. The Morgan fingerprint density at radius 2 is 1.78 bits per heavy atom. The Bertz CT molecular complexity index is 1360. The minimum absolute atomic E-state index is 0.270. The van der Waals surface area contributed by atoms with E-state index in [0.29, 0.717) is 25.3 Å². The van der Waals surface area contributed by atoms with Crippen LogP contribution in [0.4, 0.5) is 24.9 Å². The molecule has 1 fully saturated rings. The van der Waals surface area contributed by atoms with Gasteiger partial charge < -0.3 is 15.0 Å². The fourth-order valence-electron chi connectivity index (χ4n) is 4.39. The predicted molar refractivity (Wildman–Crippen MR) is 139 cm³/mol. The summed E-state index contributed by atoms with van der Waals surface area (Å²) in [7, 11) is -0.374. The number of hydrogen-bond donors (Lipinski definition) is 2. The highest BCUT2D eigenvalue weighted by molar-refractivity contribution is 9.10. The lowest BCUT2D eigenvalue weighted by Gasteiger charge is -2.29. The molecule has 0 amide bonds. The van der Waals surface area contributed by atoms with Crippen LogP contribution in [-0.2, 0) is 10.0 Å². The summed E-state index contributed by atoms with van der Waals surface area (Å²) in [6.07, 6.45) is -2.43. The van der Waals surface area contributed by atoms with Crippen molar-refractivity contribution in [3.8, 4) is 5.75 Å². The molecule has 0 radical (unpaired) electrons. The molecule has 1 aromatic heterocycles. The van der Waals surface area contributed by atoms with Crippen molar-refractivity contribution in [3.05, 3.63) is 46.9 Å². The van der Waals surface area contributed by atoms with E-state index in [9.17, 15) is 21.6 Å². The largest absolute Gasteiger partial charge is 0.573 e. The Morgan fingerprint density at radius 1 is 1.08 bits per heavy atom. The van der Waals surface area contributed by atoms with E-state index in [1.54, 1.807) is 0 Å². The van der Waals surface area contributed by atoms with E-state index in [1.165, 1.54) is 6.07 Å². The number of ether oxygens (including phenoxy) is 1. The molecule has 0 unspecified atom stereocenters. The van der Waals surface area contributed by atoms with Crippen molar-refractivity contribution in [2.45, 2.75) is 43.0 Å². The van der Waals surface area contributed by atoms with Crippen LogP contribution in [0.1, 0.15) is 25.7 Å². The second kappa shape index (κ2) is 11.0. The van der Waals surface area contributed by atoms with Crippen LogP contribution in [-0.4, -0.2) is 51.4 Å². The average molecular weight is 602 g/mol. The van der Waals surface area contributed by atoms with Gasteiger partial charge in [-0.2, -0.15) is 4.98 Å². The molecular weight excluding hydrogens is 575 g/mol. The van der Waals surface area contributed by atoms with Crippen molar-refractivity contribution in [3.63, 3.8) is 0 Å². The number of nitrogens with zero attached hydrogens (tertiary/aromatic N) is 3. The quantitative estimate of drug-likeness (QED) is 0.361. The number of para-hydroxylation sites is 1. The SMILES string of the molecule is CN(C)c1nc(NC[C@H]2CC[C@@H](NS(=O)(=O)c3ccc(Br)cc3OC(F)(F)F)CC2)nc2ccccc12. The van der Waals surface area contributed by atoms with E-state index in [2.05, 4.69) is 40.7 Å². The third-order valence-corrected chi connectivity index (χ3v) is 8.20. The zero-order valence-electron chi connectivity index (χ0n) is 20.2. The monoisotopic (exact) mass is 601 g/mol. The first-order valence-corrected chi connectivity index (χ1v) is 13.9. The summed E-state index contributed by atoms with van der Waals surface area (Å²) < 4.78 is 71.0. The van der Waals surface area contributed by atoms with Crippen LogP contribution in [0.15, 0.2) is 51.8 Å². The molecule has 200 valence electrons. The highest BCUT2D eigenvalue weighted by atomic mass is 79.9. The Morgan fingerprint density at radius 3 is 2.46 bits per heavy atom. The van der Waals surface area contributed by atoms with Gasteiger partial charge in [-0.3, -0.25) is 0 Å². The number of hydrogen-bond acceptors (Lipinski definition) is 7. The Balaban J connectivity index is 1.36. The predicted octanol–water partition coefficient (Wildman–Crippen LogP) is 5.31. The number of nitrogens with one attached hydrogen (secondary N) is 2. The minimum Gasteiger partial charge on any atom is -0.404 e. The number of fused-ring (bicyclic) bond motifs is 1. The fourth-order valence-corrected chi connectivity index (χ4v) is 6.15. The van der Waals surface area contributed by atoms with Crippen LogP contribution in [0.5, 0.6) is 5.75 Å². The molecule has 13 heteroatoms. The lowest BCUT2D eigenvalue weighted by Crippen LogP contribution is -2.38. The number of halogens is 4. The summed E-state index contributed by atoms with van der Waals surface area (Å²) in [5, 5.41) is 4.27. The van der Waals surface area contributed by atoms with Crippen LogP contribution >= 0.6 is 15.9 Å². The van der Waals surface area contributed by atoms with Gasteiger partial charge in [0.2, 0.25) is 16.0 Å². The van der Waals surface area contributed by atoms with E-state index < -0.39 is 27.0 Å². The van der Waals surface area contributed by atoms with Crippen LogP contribution < -0.4 is 19.7 Å². The molecule has 8 nitrogen and oxygen atoms in total.